The number of benzene rings is 1. The van der Waals surface area contributed by atoms with Crippen molar-refractivity contribution in [3.05, 3.63) is 65.6 Å². The van der Waals surface area contributed by atoms with Crippen molar-refractivity contribution in [1.29, 1.82) is 0 Å². The molecule has 1 aliphatic heterocycles. The Bertz CT molecular complexity index is 981. The highest BCUT2D eigenvalue weighted by molar-refractivity contribution is 5.93. The lowest BCUT2D eigenvalue weighted by molar-refractivity contribution is 0.0751. The number of hydrogen-bond donors (Lipinski definition) is 0. The van der Waals surface area contributed by atoms with Gasteiger partial charge >= 0.3 is 0 Å². The number of carbonyl (C=O) groups excluding carboxylic acids is 1. The van der Waals surface area contributed by atoms with E-state index in [1.165, 1.54) is 24.1 Å². The number of hydrogen-bond acceptors (Lipinski definition) is 2. The van der Waals surface area contributed by atoms with Crippen molar-refractivity contribution < 1.29 is 4.79 Å². The molecule has 1 saturated carbocycles. The topological polar surface area (TPSA) is 43.1 Å². The number of aromatic nitrogens is 3. The highest BCUT2D eigenvalue weighted by Gasteiger charge is 2.30. The zero-order valence-corrected chi connectivity index (χ0v) is 15.6. The first kappa shape index (κ1) is 16.4. The standard InChI is InChI=1S/C22H24N4O/c1-24-19-12-15-25(22(27)20-8-5-13-26(20)17-9-10-17)14-11-18(19)21(23-24)16-6-3-2-4-7-16/h2-8,13,17H,9-12,14-15H2,1H3. The summed E-state index contributed by atoms with van der Waals surface area (Å²) in [6.07, 6.45) is 6.12. The second-order valence-electron chi connectivity index (χ2n) is 7.59. The lowest BCUT2D eigenvalue weighted by atomic mass is 10.0. The lowest BCUT2D eigenvalue weighted by Gasteiger charge is -2.21. The molecule has 0 unspecified atom stereocenters. The summed E-state index contributed by atoms with van der Waals surface area (Å²) in [5, 5.41) is 4.78. The molecular formula is C22H24N4O. The highest BCUT2D eigenvalue weighted by Crippen LogP contribution is 2.36. The number of fused-ring (bicyclic) bond motifs is 1. The summed E-state index contributed by atoms with van der Waals surface area (Å²) in [4.78, 5) is 15.2. The van der Waals surface area contributed by atoms with Crippen LogP contribution in [0.3, 0.4) is 0 Å². The van der Waals surface area contributed by atoms with E-state index < -0.39 is 0 Å². The van der Waals surface area contributed by atoms with Crippen LogP contribution in [0.15, 0.2) is 48.7 Å². The van der Waals surface area contributed by atoms with Crippen LogP contribution in [0.2, 0.25) is 0 Å². The maximum atomic E-state index is 13.2. The van der Waals surface area contributed by atoms with Gasteiger partial charge in [-0.25, -0.2) is 0 Å². The number of aryl methyl sites for hydroxylation is 1. The van der Waals surface area contributed by atoms with Crippen LogP contribution >= 0.6 is 0 Å². The summed E-state index contributed by atoms with van der Waals surface area (Å²) in [6, 6.07) is 14.8. The largest absolute Gasteiger partial charge is 0.340 e. The third-order valence-corrected chi connectivity index (χ3v) is 5.80. The molecule has 3 aromatic rings. The van der Waals surface area contributed by atoms with Crippen molar-refractivity contribution in [3.63, 3.8) is 0 Å². The average Bonchev–Trinajstić information content (AvgIpc) is 3.40. The summed E-state index contributed by atoms with van der Waals surface area (Å²) >= 11 is 0. The first-order chi connectivity index (χ1) is 13.2. The Morgan fingerprint density at radius 3 is 2.59 bits per heavy atom. The number of rotatable bonds is 3. The Hall–Kier alpha value is -2.82. The minimum Gasteiger partial charge on any atom is -0.340 e. The lowest BCUT2D eigenvalue weighted by Crippen LogP contribution is -2.34. The van der Waals surface area contributed by atoms with E-state index in [1.54, 1.807) is 0 Å². The van der Waals surface area contributed by atoms with Crippen LogP contribution in [0.4, 0.5) is 0 Å². The van der Waals surface area contributed by atoms with E-state index in [4.69, 9.17) is 5.10 Å². The van der Waals surface area contributed by atoms with Crippen molar-refractivity contribution in [1.82, 2.24) is 19.2 Å². The summed E-state index contributed by atoms with van der Waals surface area (Å²) in [6.45, 7) is 1.49. The fraction of sp³-hybridized carbons (Fsp3) is 0.364. The molecule has 0 spiro atoms. The third kappa shape index (κ3) is 2.87. The van der Waals surface area contributed by atoms with Gasteiger partial charge in [0.05, 0.1) is 5.69 Å². The second kappa shape index (κ2) is 6.41. The molecule has 3 heterocycles. The second-order valence-corrected chi connectivity index (χ2v) is 7.59. The fourth-order valence-electron chi connectivity index (χ4n) is 4.22. The molecule has 5 rings (SSSR count). The van der Waals surface area contributed by atoms with Gasteiger partial charge in [-0.2, -0.15) is 5.10 Å². The van der Waals surface area contributed by atoms with Gasteiger partial charge in [-0.15, -0.1) is 0 Å². The van der Waals surface area contributed by atoms with Crippen LogP contribution in [-0.2, 0) is 19.9 Å². The van der Waals surface area contributed by atoms with Crippen LogP contribution in [0.5, 0.6) is 0 Å². The molecule has 5 heteroatoms. The average molecular weight is 360 g/mol. The molecule has 5 nitrogen and oxygen atoms in total. The predicted molar refractivity (Wildman–Crippen MR) is 105 cm³/mol. The van der Waals surface area contributed by atoms with Gasteiger partial charge in [0, 0.05) is 55.6 Å². The van der Waals surface area contributed by atoms with Crippen LogP contribution in [-0.4, -0.2) is 38.2 Å². The molecule has 2 aliphatic rings. The van der Waals surface area contributed by atoms with E-state index in [1.807, 2.05) is 34.8 Å². The molecule has 1 fully saturated rings. The Morgan fingerprint density at radius 2 is 1.81 bits per heavy atom. The molecular weight excluding hydrogens is 336 g/mol. The van der Waals surface area contributed by atoms with Crippen molar-refractivity contribution in [3.8, 4) is 11.3 Å². The van der Waals surface area contributed by atoms with Crippen molar-refractivity contribution in [2.45, 2.75) is 31.7 Å². The first-order valence-corrected chi connectivity index (χ1v) is 9.78. The molecule has 0 atom stereocenters. The number of amides is 1. The van der Waals surface area contributed by atoms with Crippen molar-refractivity contribution in [2.24, 2.45) is 7.05 Å². The fourth-order valence-corrected chi connectivity index (χ4v) is 4.22. The van der Waals surface area contributed by atoms with Crippen LogP contribution in [0.1, 0.15) is 40.6 Å². The van der Waals surface area contributed by atoms with Gasteiger partial charge in [-0.1, -0.05) is 30.3 Å². The first-order valence-electron chi connectivity index (χ1n) is 9.78. The van der Waals surface area contributed by atoms with Gasteiger partial charge in [-0.3, -0.25) is 9.48 Å². The summed E-state index contributed by atoms with van der Waals surface area (Å²) in [5.74, 6) is 0.161. The van der Waals surface area contributed by atoms with Gasteiger partial charge in [0.15, 0.2) is 0 Å². The van der Waals surface area contributed by atoms with E-state index in [0.717, 1.165) is 42.9 Å². The monoisotopic (exact) mass is 360 g/mol. The Morgan fingerprint density at radius 1 is 1.04 bits per heavy atom. The Balaban J connectivity index is 1.41. The van der Waals surface area contributed by atoms with E-state index in [-0.39, 0.29) is 5.91 Å². The van der Waals surface area contributed by atoms with Crippen LogP contribution < -0.4 is 0 Å². The van der Waals surface area contributed by atoms with Gasteiger partial charge < -0.3 is 9.47 Å². The number of nitrogens with zero attached hydrogens (tertiary/aromatic N) is 4. The smallest absolute Gasteiger partial charge is 0.270 e. The van der Waals surface area contributed by atoms with Crippen molar-refractivity contribution >= 4 is 5.91 Å². The van der Waals surface area contributed by atoms with Crippen LogP contribution in [0, 0.1) is 0 Å². The molecule has 0 radical (unpaired) electrons. The minimum atomic E-state index is 0.161. The summed E-state index contributed by atoms with van der Waals surface area (Å²) in [5.41, 5.74) is 5.59. The SMILES string of the molecule is Cn1nc(-c2ccccc2)c2c1CCN(C(=O)c1cccn1C1CC1)CC2. The Labute approximate surface area is 159 Å². The molecule has 1 aliphatic carbocycles. The van der Waals surface area contributed by atoms with Crippen molar-refractivity contribution in [2.75, 3.05) is 13.1 Å². The molecule has 1 aromatic carbocycles. The Kier molecular flexibility index (Phi) is 3.88. The van der Waals surface area contributed by atoms with Gasteiger partial charge in [-0.05, 0) is 31.4 Å². The molecule has 1 amide bonds. The molecule has 27 heavy (non-hydrogen) atoms. The molecule has 0 N–H and O–H groups in total. The summed E-state index contributed by atoms with van der Waals surface area (Å²) < 4.78 is 4.16. The van der Waals surface area contributed by atoms with Gasteiger partial charge in [0.2, 0.25) is 0 Å². The van der Waals surface area contributed by atoms with E-state index in [0.29, 0.717) is 6.04 Å². The minimum absolute atomic E-state index is 0.161. The van der Waals surface area contributed by atoms with E-state index in [9.17, 15) is 4.79 Å². The maximum absolute atomic E-state index is 13.2. The molecule has 138 valence electrons. The predicted octanol–water partition coefficient (Wildman–Crippen LogP) is 3.46. The quantitative estimate of drug-likeness (QED) is 0.718. The molecule has 0 bridgehead atoms. The van der Waals surface area contributed by atoms with Gasteiger partial charge in [0.1, 0.15) is 5.69 Å². The highest BCUT2D eigenvalue weighted by atomic mass is 16.2. The normalized spacial score (nSPS) is 16.9. The zero-order valence-electron chi connectivity index (χ0n) is 15.6. The summed E-state index contributed by atoms with van der Waals surface area (Å²) in [7, 11) is 2.01. The van der Waals surface area contributed by atoms with E-state index >= 15 is 0 Å². The third-order valence-electron chi connectivity index (χ3n) is 5.80. The molecule has 0 saturated heterocycles. The molecule has 2 aromatic heterocycles. The maximum Gasteiger partial charge on any atom is 0.270 e. The number of carbonyl (C=O) groups is 1. The van der Waals surface area contributed by atoms with E-state index in [2.05, 4.69) is 35.0 Å². The van der Waals surface area contributed by atoms with Gasteiger partial charge in [0.25, 0.3) is 5.91 Å². The zero-order chi connectivity index (χ0) is 18.4. The van der Waals surface area contributed by atoms with Crippen LogP contribution in [0.25, 0.3) is 11.3 Å².